The number of rotatable bonds is 12. The van der Waals surface area contributed by atoms with Gasteiger partial charge in [-0.3, -0.25) is 14.4 Å². The molecule has 1 aliphatic rings. The molecule has 19 heteroatoms. The molecule has 15 nitrogen and oxygen atoms in total. The van der Waals surface area contributed by atoms with E-state index in [9.17, 15) is 32.7 Å². The number of ether oxygens (including phenoxy) is 1. The van der Waals surface area contributed by atoms with Crippen molar-refractivity contribution in [3.63, 3.8) is 0 Å². The third kappa shape index (κ3) is 8.52. The SMILES string of the molecule is Cn1c(-c2cn(-c3ccc(N)cn3)nc2C(F)(F)F)cnc1C(=O)Nc1ccc(C(=O)NCCOCCNC(=O)[C@@H]2C[C@@H](O)CN2)c(Cl)c1. The molecule has 0 radical (unpaired) electrons. The van der Waals surface area contributed by atoms with Crippen LogP contribution < -0.4 is 27.0 Å². The van der Waals surface area contributed by atoms with Gasteiger partial charge in [-0.15, -0.1) is 0 Å². The Kier molecular flexibility index (Phi) is 10.8. The molecule has 0 aliphatic carbocycles. The minimum absolute atomic E-state index is 0.0277. The summed E-state index contributed by atoms with van der Waals surface area (Å²) in [5.41, 5.74) is 4.74. The Bertz CT molecular complexity index is 1830. The van der Waals surface area contributed by atoms with Crippen molar-refractivity contribution in [2.24, 2.45) is 7.05 Å². The van der Waals surface area contributed by atoms with Crippen molar-refractivity contribution >= 4 is 40.7 Å². The lowest BCUT2D eigenvalue weighted by Gasteiger charge is -2.12. The van der Waals surface area contributed by atoms with Crippen molar-refractivity contribution in [2.45, 2.75) is 24.7 Å². The van der Waals surface area contributed by atoms with Crippen LogP contribution in [0, 0.1) is 0 Å². The topological polar surface area (TPSA) is 203 Å². The fourth-order valence-corrected chi connectivity index (χ4v) is 5.24. The molecule has 1 fully saturated rings. The fraction of sp³-hybridized carbons (Fsp3) is 0.333. The molecule has 7 N–H and O–H groups in total. The van der Waals surface area contributed by atoms with Crippen LogP contribution in [0.3, 0.4) is 0 Å². The van der Waals surface area contributed by atoms with E-state index in [0.717, 1.165) is 17.1 Å². The molecule has 3 aromatic heterocycles. The van der Waals surface area contributed by atoms with Gasteiger partial charge in [-0.2, -0.15) is 18.3 Å². The zero-order valence-electron chi connectivity index (χ0n) is 25.9. The van der Waals surface area contributed by atoms with E-state index in [1.807, 2.05) is 0 Å². The number of aromatic nitrogens is 5. The second-order valence-electron chi connectivity index (χ2n) is 11.0. The number of nitrogens with two attached hydrogens (primary N) is 1. The average Bonchev–Trinajstić information content (AvgIpc) is 3.79. The van der Waals surface area contributed by atoms with Gasteiger partial charge in [0.05, 0.1) is 65.3 Å². The highest BCUT2D eigenvalue weighted by Gasteiger charge is 2.39. The van der Waals surface area contributed by atoms with Crippen LogP contribution in [0.25, 0.3) is 17.1 Å². The lowest BCUT2D eigenvalue weighted by atomic mass is 10.2. The summed E-state index contributed by atoms with van der Waals surface area (Å²) in [6, 6.07) is 6.64. The minimum atomic E-state index is -4.82. The smallest absolute Gasteiger partial charge is 0.397 e. The number of aliphatic hydroxyl groups is 1. The quantitative estimate of drug-likeness (QED) is 0.118. The van der Waals surface area contributed by atoms with E-state index in [4.69, 9.17) is 22.1 Å². The Balaban J connectivity index is 1.15. The molecule has 260 valence electrons. The number of aliphatic hydroxyl groups excluding tert-OH is 1. The van der Waals surface area contributed by atoms with Crippen molar-refractivity contribution < 1.29 is 37.4 Å². The van der Waals surface area contributed by atoms with Gasteiger partial charge in [0.15, 0.2) is 17.3 Å². The van der Waals surface area contributed by atoms with E-state index in [1.165, 1.54) is 48.1 Å². The van der Waals surface area contributed by atoms with Crippen LogP contribution in [0.5, 0.6) is 0 Å². The highest BCUT2D eigenvalue weighted by Crippen LogP contribution is 2.37. The number of nitrogen functional groups attached to an aromatic ring is 1. The van der Waals surface area contributed by atoms with Crippen molar-refractivity contribution in [3.05, 3.63) is 71.0 Å². The minimum Gasteiger partial charge on any atom is -0.397 e. The molecule has 1 aliphatic heterocycles. The van der Waals surface area contributed by atoms with Crippen LogP contribution in [0.2, 0.25) is 5.02 Å². The van der Waals surface area contributed by atoms with Gasteiger partial charge in [-0.25, -0.2) is 14.6 Å². The zero-order chi connectivity index (χ0) is 35.3. The second-order valence-corrected chi connectivity index (χ2v) is 11.4. The van der Waals surface area contributed by atoms with Gasteiger partial charge in [0.2, 0.25) is 5.91 Å². The zero-order valence-corrected chi connectivity index (χ0v) is 26.7. The second kappa shape index (κ2) is 15.0. The maximum atomic E-state index is 14.0. The van der Waals surface area contributed by atoms with Crippen LogP contribution in [-0.4, -0.2) is 92.1 Å². The summed E-state index contributed by atoms with van der Waals surface area (Å²) in [6.45, 7) is 1.19. The number of carbonyl (C=O) groups is 3. The van der Waals surface area contributed by atoms with Gasteiger partial charge in [0.25, 0.3) is 11.8 Å². The number of benzene rings is 1. The number of alkyl halides is 3. The van der Waals surface area contributed by atoms with Gasteiger partial charge >= 0.3 is 6.18 Å². The number of nitrogens with zero attached hydrogens (tertiary/aromatic N) is 5. The number of anilines is 2. The van der Waals surface area contributed by atoms with E-state index < -0.39 is 35.8 Å². The summed E-state index contributed by atoms with van der Waals surface area (Å²) in [5.74, 6) is -1.55. The molecule has 4 heterocycles. The summed E-state index contributed by atoms with van der Waals surface area (Å²) in [5, 5.41) is 24.1. The molecule has 5 rings (SSSR count). The van der Waals surface area contributed by atoms with Gasteiger partial charge < -0.3 is 41.4 Å². The third-order valence-corrected chi connectivity index (χ3v) is 7.74. The molecule has 0 bridgehead atoms. The molecular formula is C30H32ClF3N10O5. The molecule has 2 atom stereocenters. The van der Waals surface area contributed by atoms with Crippen LogP contribution in [0.4, 0.5) is 24.5 Å². The summed E-state index contributed by atoms with van der Waals surface area (Å²) in [7, 11) is 1.39. The number of hydrogen-bond donors (Lipinski definition) is 6. The largest absolute Gasteiger partial charge is 0.435 e. The summed E-state index contributed by atoms with van der Waals surface area (Å²) < 4.78 is 49.4. The Labute approximate surface area is 282 Å². The van der Waals surface area contributed by atoms with Crippen LogP contribution in [0.15, 0.2) is 48.9 Å². The highest BCUT2D eigenvalue weighted by atomic mass is 35.5. The number of imidazole rings is 1. The monoisotopic (exact) mass is 704 g/mol. The Morgan fingerprint density at radius 3 is 2.51 bits per heavy atom. The molecule has 4 aromatic rings. The Hall–Kier alpha value is -5.04. The van der Waals surface area contributed by atoms with Crippen molar-refractivity contribution in [3.8, 4) is 17.1 Å². The molecule has 0 saturated carbocycles. The predicted octanol–water partition coefficient (Wildman–Crippen LogP) is 1.76. The first-order valence-corrected chi connectivity index (χ1v) is 15.3. The maximum Gasteiger partial charge on any atom is 0.435 e. The summed E-state index contributed by atoms with van der Waals surface area (Å²) >= 11 is 6.31. The Morgan fingerprint density at radius 2 is 1.86 bits per heavy atom. The molecule has 0 unspecified atom stereocenters. The first kappa shape index (κ1) is 35.3. The molecule has 49 heavy (non-hydrogen) atoms. The van der Waals surface area contributed by atoms with E-state index in [2.05, 4.69) is 36.3 Å². The molecule has 1 aromatic carbocycles. The number of amides is 3. The first-order chi connectivity index (χ1) is 23.3. The van der Waals surface area contributed by atoms with Gasteiger partial charge in [-0.05, 0) is 36.8 Å². The van der Waals surface area contributed by atoms with E-state index in [1.54, 1.807) is 0 Å². The van der Waals surface area contributed by atoms with E-state index in [0.29, 0.717) is 18.7 Å². The standard InChI is InChI=1S/C30H32ClF3N10O5/c1-43-23(20-15-44(42-25(20)30(32,33)34)24-5-2-16(35)12-39-24)14-40-26(43)29(48)41-17-3-4-19(21(31)10-17)27(46)36-6-8-49-9-7-37-28(47)22-11-18(45)13-38-22/h2-5,10,12,14-15,18,22,38,45H,6-9,11,13,35H2,1H3,(H,36,46)(H,37,47)(H,41,48)/t18-,22+/m1/s1. The van der Waals surface area contributed by atoms with Crippen LogP contribution in [0.1, 0.15) is 33.1 Å². The van der Waals surface area contributed by atoms with Crippen molar-refractivity contribution in [1.82, 2.24) is 40.3 Å². The van der Waals surface area contributed by atoms with Gasteiger partial charge in [-0.1, -0.05) is 11.6 Å². The number of hydrogen-bond acceptors (Lipinski definition) is 10. The summed E-state index contributed by atoms with van der Waals surface area (Å²) in [4.78, 5) is 45.8. The lowest BCUT2D eigenvalue weighted by molar-refractivity contribution is -0.140. The third-order valence-electron chi connectivity index (χ3n) is 7.43. The highest BCUT2D eigenvalue weighted by molar-refractivity contribution is 6.34. The van der Waals surface area contributed by atoms with Crippen molar-refractivity contribution in [2.75, 3.05) is 43.9 Å². The summed E-state index contributed by atoms with van der Waals surface area (Å²) in [6.07, 6.45) is -1.45. The van der Waals surface area contributed by atoms with Crippen LogP contribution >= 0.6 is 11.6 Å². The fourth-order valence-electron chi connectivity index (χ4n) is 4.98. The van der Waals surface area contributed by atoms with E-state index in [-0.39, 0.29) is 71.4 Å². The molecule has 3 amide bonds. The van der Waals surface area contributed by atoms with Crippen LogP contribution in [-0.2, 0) is 22.8 Å². The van der Waals surface area contributed by atoms with Gasteiger partial charge in [0.1, 0.15) is 0 Å². The number of carbonyl (C=O) groups excluding carboxylic acids is 3. The molecule has 1 saturated heterocycles. The lowest BCUT2D eigenvalue weighted by Crippen LogP contribution is -2.41. The number of β-amino-alcohol motifs (C(OH)–C–C–N with tert-alkyl or cyclic N) is 1. The van der Waals surface area contributed by atoms with Crippen molar-refractivity contribution in [1.29, 1.82) is 0 Å². The maximum absolute atomic E-state index is 14.0. The predicted molar refractivity (Wildman–Crippen MR) is 171 cm³/mol. The number of nitrogens with one attached hydrogen (secondary N) is 4. The number of pyridine rings is 1. The Morgan fingerprint density at radius 1 is 1.10 bits per heavy atom. The molecular weight excluding hydrogens is 673 g/mol. The molecule has 0 spiro atoms. The van der Waals surface area contributed by atoms with Gasteiger partial charge in [0, 0.05) is 38.6 Å². The normalized spacial score (nSPS) is 16.0. The average molecular weight is 705 g/mol. The first-order valence-electron chi connectivity index (χ1n) is 14.9. The number of halogens is 4. The van der Waals surface area contributed by atoms with E-state index >= 15 is 0 Å².